The van der Waals surface area contributed by atoms with Gasteiger partial charge in [0.1, 0.15) is 0 Å². The van der Waals surface area contributed by atoms with Gasteiger partial charge in [-0.2, -0.15) is 0 Å². The maximum absolute atomic E-state index is 13.3. The van der Waals surface area contributed by atoms with Gasteiger partial charge in [0.25, 0.3) is 5.56 Å². The molecule has 0 unspecified atom stereocenters. The van der Waals surface area contributed by atoms with E-state index in [1.54, 1.807) is 11.8 Å². The van der Waals surface area contributed by atoms with E-state index in [2.05, 4.69) is 19.1 Å². The van der Waals surface area contributed by atoms with Gasteiger partial charge in [-0.1, -0.05) is 54.2 Å². The van der Waals surface area contributed by atoms with Gasteiger partial charge in [-0.25, -0.2) is 4.98 Å². The Bertz CT molecular complexity index is 965. The lowest BCUT2D eigenvalue weighted by Crippen LogP contribution is -2.28. The lowest BCUT2D eigenvalue weighted by Gasteiger charge is -2.24. The third kappa shape index (κ3) is 3.94. The maximum atomic E-state index is 13.3. The van der Waals surface area contributed by atoms with E-state index in [9.17, 15) is 4.79 Å². The first-order valence-corrected chi connectivity index (χ1v) is 10.5. The van der Waals surface area contributed by atoms with Crippen molar-refractivity contribution in [3.05, 3.63) is 70.5 Å². The minimum Gasteiger partial charge on any atom is -0.377 e. The van der Waals surface area contributed by atoms with Crippen LogP contribution in [0.5, 0.6) is 0 Å². The number of fused-ring (bicyclic) bond motifs is 1. The molecule has 1 saturated heterocycles. The van der Waals surface area contributed by atoms with Gasteiger partial charge >= 0.3 is 0 Å². The Kier molecular flexibility index (Phi) is 5.60. The van der Waals surface area contributed by atoms with E-state index in [-0.39, 0.29) is 17.7 Å². The van der Waals surface area contributed by atoms with Crippen LogP contribution in [0.25, 0.3) is 10.9 Å². The molecule has 1 aromatic heterocycles. The smallest absolute Gasteiger partial charge is 0.262 e. The Hall–Kier alpha value is -2.11. The quantitative estimate of drug-likeness (QED) is 0.477. The normalized spacial score (nSPS) is 18.5. The minimum absolute atomic E-state index is 0.0176. The Balaban J connectivity index is 1.74. The molecule has 3 aromatic rings. The van der Waals surface area contributed by atoms with Crippen LogP contribution in [0.2, 0.25) is 0 Å². The lowest BCUT2D eigenvalue weighted by atomic mass is 10.1. The van der Waals surface area contributed by atoms with Crippen molar-refractivity contribution in [3.63, 3.8) is 0 Å². The molecule has 0 amide bonds. The van der Waals surface area contributed by atoms with Crippen LogP contribution in [0.4, 0.5) is 0 Å². The number of rotatable bonds is 5. The second-order valence-electron chi connectivity index (χ2n) is 6.97. The molecule has 1 aliphatic rings. The van der Waals surface area contributed by atoms with E-state index >= 15 is 0 Å². The molecule has 0 aliphatic carbocycles. The molecule has 27 heavy (non-hydrogen) atoms. The molecule has 1 fully saturated rings. The maximum Gasteiger partial charge on any atom is 0.262 e. The molecule has 1 aliphatic heterocycles. The highest BCUT2D eigenvalue weighted by atomic mass is 32.2. The molecule has 2 heterocycles. The summed E-state index contributed by atoms with van der Waals surface area (Å²) in [5.41, 5.74) is 1.88. The summed E-state index contributed by atoms with van der Waals surface area (Å²) in [6, 6.07) is 17.6. The number of hydrogen-bond donors (Lipinski definition) is 0. The largest absolute Gasteiger partial charge is 0.377 e. The van der Waals surface area contributed by atoms with Crippen molar-refractivity contribution >= 4 is 22.7 Å². The molecule has 2 aromatic carbocycles. The molecule has 4 nitrogen and oxygen atoms in total. The van der Waals surface area contributed by atoms with Crippen LogP contribution in [0.1, 0.15) is 37.8 Å². The average Bonchev–Trinajstić information content (AvgIpc) is 2.73. The standard InChI is InChI=1S/C22H24N2O2S/c1-16(17-9-3-2-4-10-17)24-21(25)19-12-5-6-13-20(19)23-22(24)27-15-18-11-7-8-14-26-18/h2-6,9-10,12-13,16,18H,7-8,11,14-15H2,1H3/t16-,18+/m0/s1. The highest BCUT2D eigenvalue weighted by Gasteiger charge is 2.20. The van der Waals surface area contributed by atoms with Crippen molar-refractivity contribution in [2.75, 3.05) is 12.4 Å². The Morgan fingerprint density at radius 2 is 1.93 bits per heavy atom. The Labute approximate surface area is 163 Å². The first-order chi connectivity index (χ1) is 13.2. The first kappa shape index (κ1) is 18.3. The summed E-state index contributed by atoms with van der Waals surface area (Å²) in [5, 5.41) is 1.43. The molecule has 5 heteroatoms. The number of aromatic nitrogens is 2. The van der Waals surface area contributed by atoms with Crippen LogP contribution < -0.4 is 5.56 Å². The predicted molar refractivity (Wildman–Crippen MR) is 111 cm³/mol. The lowest BCUT2D eigenvalue weighted by molar-refractivity contribution is 0.0315. The Morgan fingerprint density at radius 1 is 1.15 bits per heavy atom. The molecule has 4 rings (SSSR count). The van der Waals surface area contributed by atoms with E-state index in [4.69, 9.17) is 9.72 Å². The van der Waals surface area contributed by atoms with Crippen LogP contribution in [0.3, 0.4) is 0 Å². The van der Waals surface area contributed by atoms with Gasteiger partial charge in [0.15, 0.2) is 5.16 Å². The molecule has 140 valence electrons. The third-order valence-corrected chi connectivity index (χ3v) is 6.20. The summed E-state index contributed by atoms with van der Waals surface area (Å²) in [5.74, 6) is 0.826. The number of hydrogen-bond acceptors (Lipinski definition) is 4. The monoisotopic (exact) mass is 380 g/mol. The van der Waals surface area contributed by atoms with Gasteiger partial charge in [-0.3, -0.25) is 9.36 Å². The Morgan fingerprint density at radius 3 is 2.70 bits per heavy atom. The molecular formula is C22H24N2O2S. The molecule has 2 atom stereocenters. The summed E-state index contributed by atoms with van der Waals surface area (Å²) in [6.45, 7) is 2.90. The van der Waals surface area contributed by atoms with E-state index in [0.29, 0.717) is 5.39 Å². The van der Waals surface area contributed by atoms with Crippen molar-refractivity contribution in [2.45, 2.75) is 43.5 Å². The number of para-hydroxylation sites is 1. The molecule has 0 saturated carbocycles. The van der Waals surface area contributed by atoms with Gasteiger partial charge < -0.3 is 4.74 Å². The number of nitrogens with zero attached hydrogens (tertiary/aromatic N) is 2. The van der Waals surface area contributed by atoms with Crippen LogP contribution in [-0.2, 0) is 4.74 Å². The molecule has 0 bridgehead atoms. The van der Waals surface area contributed by atoms with Crippen LogP contribution >= 0.6 is 11.8 Å². The van der Waals surface area contributed by atoms with Crippen LogP contribution in [0, 0.1) is 0 Å². The fraction of sp³-hybridized carbons (Fsp3) is 0.364. The topological polar surface area (TPSA) is 44.1 Å². The summed E-state index contributed by atoms with van der Waals surface area (Å²) < 4.78 is 7.70. The average molecular weight is 381 g/mol. The van der Waals surface area contributed by atoms with Crippen LogP contribution in [0.15, 0.2) is 64.5 Å². The van der Waals surface area contributed by atoms with Gasteiger partial charge in [0.2, 0.25) is 0 Å². The zero-order chi connectivity index (χ0) is 18.6. The van der Waals surface area contributed by atoms with Gasteiger partial charge in [-0.15, -0.1) is 0 Å². The van der Waals surface area contributed by atoms with Gasteiger partial charge in [0, 0.05) is 12.4 Å². The highest BCUT2D eigenvalue weighted by molar-refractivity contribution is 7.99. The summed E-state index contributed by atoms with van der Waals surface area (Å²) in [4.78, 5) is 18.1. The second kappa shape index (κ2) is 8.28. The van der Waals surface area contributed by atoms with Gasteiger partial charge in [0.05, 0.1) is 23.0 Å². The fourth-order valence-corrected chi connectivity index (χ4v) is 4.70. The summed E-state index contributed by atoms with van der Waals surface area (Å²) >= 11 is 1.63. The highest BCUT2D eigenvalue weighted by Crippen LogP contribution is 2.27. The van der Waals surface area contributed by atoms with E-state index in [1.807, 2.05) is 47.0 Å². The van der Waals surface area contributed by atoms with Crippen molar-refractivity contribution in [1.29, 1.82) is 0 Å². The first-order valence-electron chi connectivity index (χ1n) is 9.54. The molecule has 0 N–H and O–H groups in total. The summed E-state index contributed by atoms with van der Waals surface area (Å²) in [7, 11) is 0. The zero-order valence-electron chi connectivity index (χ0n) is 15.5. The van der Waals surface area contributed by atoms with Crippen molar-refractivity contribution in [2.24, 2.45) is 0 Å². The van der Waals surface area contributed by atoms with E-state index in [0.717, 1.165) is 41.4 Å². The SMILES string of the molecule is C[C@@H](c1ccccc1)n1c(SC[C@H]2CCCCO2)nc2ccccc2c1=O. The zero-order valence-corrected chi connectivity index (χ0v) is 16.3. The molecular weight excluding hydrogens is 356 g/mol. The fourth-order valence-electron chi connectivity index (χ4n) is 3.56. The third-order valence-electron chi connectivity index (χ3n) is 5.12. The number of thioether (sulfide) groups is 1. The molecule has 0 radical (unpaired) electrons. The second-order valence-corrected chi connectivity index (χ2v) is 7.96. The minimum atomic E-state index is -0.0782. The summed E-state index contributed by atoms with van der Waals surface area (Å²) in [6.07, 6.45) is 3.68. The van der Waals surface area contributed by atoms with Gasteiger partial charge in [-0.05, 0) is 43.9 Å². The molecule has 0 spiro atoms. The van der Waals surface area contributed by atoms with E-state index in [1.165, 1.54) is 6.42 Å². The number of benzene rings is 2. The van der Waals surface area contributed by atoms with Crippen molar-refractivity contribution in [1.82, 2.24) is 9.55 Å². The predicted octanol–water partition coefficient (Wildman–Crippen LogP) is 4.67. The number of ether oxygens (including phenoxy) is 1. The van der Waals surface area contributed by atoms with E-state index < -0.39 is 0 Å². The van der Waals surface area contributed by atoms with Crippen LogP contribution in [-0.4, -0.2) is 28.0 Å². The van der Waals surface area contributed by atoms with Crippen molar-refractivity contribution in [3.8, 4) is 0 Å². The van der Waals surface area contributed by atoms with Crippen molar-refractivity contribution < 1.29 is 4.74 Å².